The highest BCUT2D eigenvalue weighted by atomic mass is 32.1. The van der Waals surface area contributed by atoms with E-state index in [2.05, 4.69) is 9.72 Å². The number of hydrogen-bond acceptors (Lipinski definition) is 5. The molecule has 0 N–H and O–H groups in total. The number of halogens is 2. The highest BCUT2D eigenvalue weighted by Crippen LogP contribution is 2.33. The van der Waals surface area contributed by atoms with Gasteiger partial charge in [-0.25, -0.2) is 9.78 Å². The van der Waals surface area contributed by atoms with Gasteiger partial charge >= 0.3 is 12.6 Å². The normalized spacial score (nSPS) is 10.6. The van der Waals surface area contributed by atoms with E-state index in [4.69, 9.17) is 4.74 Å². The molecule has 0 radical (unpaired) electrons. The molecule has 0 aliphatic carbocycles. The van der Waals surface area contributed by atoms with Crippen molar-refractivity contribution in [3.05, 3.63) is 35.3 Å². The summed E-state index contributed by atoms with van der Waals surface area (Å²) in [6, 6.07) is 6.29. The van der Waals surface area contributed by atoms with Crippen molar-refractivity contribution in [1.82, 2.24) is 4.98 Å². The van der Waals surface area contributed by atoms with Crippen LogP contribution in [0.1, 0.15) is 17.4 Å². The molecule has 7 heteroatoms. The smallest absolute Gasteiger partial charge is 0.387 e. The molecule has 0 spiro atoms. The van der Waals surface area contributed by atoms with Gasteiger partial charge < -0.3 is 9.47 Å². The number of esters is 1. The first-order chi connectivity index (χ1) is 9.61. The molecule has 1 aromatic carbocycles. The molecule has 0 amide bonds. The Bertz CT molecular complexity index is 601. The molecule has 1 heterocycles. The summed E-state index contributed by atoms with van der Waals surface area (Å²) in [6.45, 7) is -0.978. The Morgan fingerprint density at radius 3 is 2.85 bits per heavy atom. The lowest BCUT2D eigenvalue weighted by Crippen LogP contribution is -2.05. The summed E-state index contributed by atoms with van der Waals surface area (Å²) in [7, 11) is 0. The summed E-state index contributed by atoms with van der Waals surface area (Å²) in [4.78, 5) is 15.6. The SMILES string of the molecule is CCOC(=O)c1csc(-c2ccccc2OC(F)F)n1. The van der Waals surface area contributed by atoms with E-state index in [0.29, 0.717) is 10.6 Å². The number of thiazole rings is 1. The number of aromatic nitrogens is 1. The first-order valence-electron chi connectivity index (χ1n) is 5.78. The topological polar surface area (TPSA) is 48.4 Å². The second kappa shape index (κ2) is 6.42. The van der Waals surface area contributed by atoms with E-state index < -0.39 is 12.6 Å². The van der Waals surface area contributed by atoms with Crippen molar-refractivity contribution >= 4 is 17.3 Å². The number of rotatable bonds is 5. The molecule has 0 fully saturated rings. The maximum absolute atomic E-state index is 12.3. The summed E-state index contributed by atoms with van der Waals surface area (Å²) < 4.78 is 33.9. The Morgan fingerprint density at radius 2 is 2.15 bits per heavy atom. The molecule has 0 aliphatic rings. The minimum absolute atomic E-state index is 0.0206. The Labute approximate surface area is 118 Å². The van der Waals surface area contributed by atoms with Crippen LogP contribution in [0.3, 0.4) is 0 Å². The monoisotopic (exact) mass is 299 g/mol. The maximum Gasteiger partial charge on any atom is 0.387 e. The van der Waals surface area contributed by atoms with Gasteiger partial charge in [-0.1, -0.05) is 12.1 Å². The van der Waals surface area contributed by atoms with Crippen molar-refractivity contribution in [3.63, 3.8) is 0 Å². The fourth-order valence-corrected chi connectivity index (χ4v) is 2.36. The number of benzene rings is 1. The van der Waals surface area contributed by atoms with Gasteiger partial charge in [-0.3, -0.25) is 0 Å². The van der Waals surface area contributed by atoms with E-state index in [1.54, 1.807) is 25.1 Å². The molecule has 0 saturated carbocycles. The largest absolute Gasteiger partial charge is 0.461 e. The molecule has 20 heavy (non-hydrogen) atoms. The average molecular weight is 299 g/mol. The number of alkyl halides is 2. The predicted octanol–water partition coefficient (Wildman–Crippen LogP) is 3.59. The number of ether oxygens (including phenoxy) is 2. The molecule has 0 atom stereocenters. The summed E-state index contributed by atoms with van der Waals surface area (Å²) in [6.07, 6.45) is 0. The third-order valence-electron chi connectivity index (χ3n) is 2.32. The molecule has 4 nitrogen and oxygen atoms in total. The van der Waals surface area contributed by atoms with E-state index >= 15 is 0 Å². The van der Waals surface area contributed by atoms with Gasteiger partial charge in [-0.15, -0.1) is 11.3 Å². The summed E-state index contributed by atoms with van der Waals surface area (Å²) in [5, 5.41) is 1.94. The van der Waals surface area contributed by atoms with E-state index in [1.165, 1.54) is 11.4 Å². The Hall–Kier alpha value is -2.02. The van der Waals surface area contributed by atoms with Crippen molar-refractivity contribution in [3.8, 4) is 16.3 Å². The number of para-hydroxylation sites is 1. The molecule has 1 aromatic heterocycles. The second-order valence-corrected chi connectivity index (χ2v) is 4.49. The van der Waals surface area contributed by atoms with Crippen LogP contribution in [0.4, 0.5) is 8.78 Å². The zero-order chi connectivity index (χ0) is 14.5. The van der Waals surface area contributed by atoms with Gasteiger partial charge in [0.2, 0.25) is 0 Å². The lowest BCUT2D eigenvalue weighted by molar-refractivity contribution is -0.0494. The molecule has 0 unspecified atom stereocenters. The van der Waals surface area contributed by atoms with Crippen molar-refractivity contribution in [2.45, 2.75) is 13.5 Å². The van der Waals surface area contributed by atoms with Gasteiger partial charge in [0.25, 0.3) is 0 Å². The third kappa shape index (κ3) is 3.30. The first-order valence-corrected chi connectivity index (χ1v) is 6.66. The van der Waals surface area contributed by atoms with Gasteiger partial charge in [0.1, 0.15) is 10.8 Å². The van der Waals surface area contributed by atoms with Gasteiger partial charge in [0.15, 0.2) is 5.69 Å². The number of hydrogen-bond donors (Lipinski definition) is 0. The lowest BCUT2D eigenvalue weighted by Gasteiger charge is -2.08. The van der Waals surface area contributed by atoms with Gasteiger partial charge in [-0.2, -0.15) is 8.78 Å². The summed E-state index contributed by atoms with van der Waals surface area (Å²) in [5.74, 6) is -0.519. The minimum atomic E-state index is -2.92. The molecule has 2 rings (SSSR count). The van der Waals surface area contributed by atoms with Crippen LogP contribution < -0.4 is 4.74 Å². The van der Waals surface area contributed by atoms with Crippen LogP contribution in [0.15, 0.2) is 29.6 Å². The minimum Gasteiger partial charge on any atom is -0.461 e. The molecule has 0 saturated heterocycles. The molecular weight excluding hydrogens is 288 g/mol. The van der Waals surface area contributed by atoms with Gasteiger partial charge in [0, 0.05) is 5.38 Å². The van der Waals surface area contributed by atoms with E-state index in [9.17, 15) is 13.6 Å². The highest BCUT2D eigenvalue weighted by molar-refractivity contribution is 7.13. The second-order valence-electron chi connectivity index (χ2n) is 3.63. The average Bonchev–Trinajstić information content (AvgIpc) is 2.88. The quantitative estimate of drug-likeness (QED) is 0.792. The van der Waals surface area contributed by atoms with Crippen LogP contribution in [0, 0.1) is 0 Å². The highest BCUT2D eigenvalue weighted by Gasteiger charge is 2.16. The zero-order valence-electron chi connectivity index (χ0n) is 10.5. The zero-order valence-corrected chi connectivity index (χ0v) is 11.3. The third-order valence-corrected chi connectivity index (χ3v) is 3.20. The summed E-state index contributed by atoms with van der Waals surface area (Å²) in [5.41, 5.74) is 0.562. The molecule has 2 aromatic rings. The van der Waals surface area contributed by atoms with Gasteiger partial charge in [-0.05, 0) is 19.1 Å². The lowest BCUT2D eigenvalue weighted by atomic mass is 10.2. The van der Waals surface area contributed by atoms with Crippen molar-refractivity contribution < 1.29 is 23.0 Å². The predicted molar refractivity (Wildman–Crippen MR) is 70.1 cm³/mol. The maximum atomic E-state index is 12.3. The molecule has 0 bridgehead atoms. The van der Waals surface area contributed by atoms with E-state index in [-0.39, 0.29) is 18.1 Å². The van der Waals surface area contributed by atoms with Crippen LogP contribution in [0.25, 0.3) is 10.6 Å². The van der Waals surface area contributed by atoms with Crippen LogP contribution in [0.2, 0.25) is 0 Å². The first kappa shape index (κ1) is 14.4. The molecule has 0 aliphatic heterocycles. The number of carbonyl (C=O) groups excluding carboxylic acids is 1. The fraction of sp³-hybridized carbons (Fsp3) is 0.231. The van der Waals surface area contributed by atoms with Crippen LogP contribution >= 0.6 is 11.3 Å². The summed E-state index contributed by atoms with van der Waals surface area (Å²) >= 11 is 1.16. The van der Waals surface area contributed by atoms with E-state index in [0.717, 1.165) is 11.3 Å². The molecular formula is C13H11F2NO3S. The van der Waals surface area contributed by atoms with Crippen LogP contribution in [0.5, 0.6) is 5.75 Å². The van der Waals surface area contributed by atoms with Crippen molar-refractivity contribution in [1.29, 1.82) is 0 Å². The van der Waals surface area contributed by atoms with Crippen molar-refractivity contribution in [2.75, 3.05) is 6.61 Å². The Kier molecular flexibility index (Phi) is 4.62. The van der Waals surface area contributed by atoms with Crippen LogP contribution in [-0.2, 0) is 4.74 Å². The Balaban J connectivity index is 2.30. The number of nitrogens with zero attached hydrogens (tertiary/aromatic N) is 1. The van der Waals surface area contributed by atoms with Gasteiger partial charge in [0.05, 0.1) is 12.2 Å². The van der Waals surface area contributed by atoms with Crippen molar-refractivity contribution in [2.24, 2.45) is 0 Å². The Morgan fingerprint density at radius 1 is 1.40 bits per heavy atom. The fourth-order valence-electron chi connectivity index (χ4n) is 1.54. The van der Waals surface area contributed by atoms with Crippen LogP contribution in [-0.4, -0.2) is 24.2 Å². The standard InChI is InChI=1S/C13H11F2NO3S/c1-2-18-12(17)9-7-20-11(16-9)8-5-3-4-6-10(8)19-13(14)15/h3-7,13H,2H2,1H3. The number of carbonyl (C=O) groups is 1. The molecule has 106 valence electrons. The van der Waals surface area contributed by atoms with E-state index in [1.807, 2.05) is 0 Å².